The van der Waals surface area contributed by atoms with Crippen LogP contribution in [0.1, 0.15) is 29.0 Å². The van der Waals surface area contributed by atoms with E-state index >= 15 is 0 Å². The molecule has 138 valence electrons. The van der Waals surface area contributed by atoms with Gasteiger partial charge in [0.15, 0.2) is 0 Å². The number of hydrogen-bond donors (Lipinski definition) is 2. The van der Waals surface area contributed by atoms with Gasteiger partial charge in [0.05, 0.1) is 0 Å². The van der Waals surface area contributed by atoms with Gasteiger partial charge >= 0.3 is 0 Å². The Kier molecular flexibility index (Phi) is 8.89. The lowest BCUT2D eigenvalue weighted by atomic mass is 10.1. The number of benzene rings is 1. The van der Waals surface area contributed by atoms with Crippen LogP contribution in [-0.4, -0.2) is 29.9 Å². The van der Waals surface area contributed by atoms with Crippen LogP contribution in [0.5, 0.6) is 0 Å². The first-order valence-electron chi connectivity index (χ1n) is 8.02. The van der Waals surface area contributed by atoms with Crippen LogP contribution in [0.4, 0.5) is 0 Å². The maximum atomic E-state index is 12.2. The molecule has 0 bridgehead atoms. The first-order valence-corrected chi connectivity index (χ1v) is 8.90. The van der Waals surface area contributed by atoms with Crippen LogP contribution in [0.2, 0.25) is 0 Å². The molecule has 25 heavy (non-hydrogen) atoms. The van der Waals surface area contributed by atoms with Crippen molar-refractivity contribution in [1.29, 1.82) is 0 Å². The number of halogens is 2. The van der Waals surface area contributed by atoms with Gasteiger partial charge in [0.1, 0.15) is 6.04 Å². The predicted octanol–water partition coefficient (Wildman–Crippen LogP) is 3.15. The smallest absolute Gasteiger partial charge is 0.241 e. The summed E-state index contributed by atoms with van der Waals surface area (Å²) >= 11 is 1.85. The fraction of sp³-hybridized carbons (Fsp3) is 0.389. The number of amides is 1. The van der Waals surface area contributed by atoms with Crippen molar-refractivity contribution in [2.24, 2.45) is 5.73 Å². The predicted molar refractivity (Wildman–Crippen MR) is 109 cm³/mol. The van der Waals surface area contributed by atoms with Gasteiger partial charge < -0.3 is 11.1 Å². The number of carbonyl (C=O) groups is 1. The summed E-state index contributed by atoms with van der Waals surface area (Å²) in [5.41, 5.74) is 8.31. The number of hydrogen-bond acceptors (Lipinski definition) is 4. The van der Waals surface area contributed by atoms with Crippen molar-refractivity contribution in [3.63, 3.8) is 0 Å². The van der Waals surface area contributed by atoms with Crippen molar-refractivity contribution in [3.05, 3.63) is 57.8 Å². The third kappa shape index (κ3) is 5.43. The molecule has 2 atom stereocenters. The highest BCUT2D eigenvalue weighted by molar-refractivity contribution is 7.10. The van der Waals surface area contributed by atoms with Gasteiger partial charge in [-0.05, 0) is 35.9 Å². The van der Waals surface area contributed by atoms with Crippen LogP contribution >= 0.6 is 36.2 Å². The van der Waals surface area contributed by atoms with E-state index in [1.165, 1.54) is 10.4 Å². The number of rotatable bonds is 5. The van der Waals surface area contributed by atoms with Crippen molar-refractivity contribution in [1.82, 2.24) is 10.2 Å². The minimum Gasteiger partial charge on any atom is -0.353 e. The van der Waals surface area contributed by atoms with Crippen LogP contribution in [0, 0.1) is 0 Å². The number of nitrogens with two attached hydrogens (primary N) is 1. The second kappa shape index (κ2) is 10.1. The molecular formula is C18H25Cl2N3OS. The molecule has 1 aliphatic heterocycles. The summed E-state index contributed by atoms with van der Waals surface area (Å²) < 4.78 is 0. The van der Waals surface area contributed by atoms with Gasteiger partial charge in [-0.15, -0.1) is 36.2 Å². The third-order valence-corrected chi connectivity index (χ3v) is 5.50. The summed E-state index contributed by atoms with van der Waals surface area (Å²) in [7, 11) is 0. The summed E-state index contributed by atoms with van der Waals surface area (Å²) in [6.07, 6.45) is 1.11. The van der Waals surface area contributed by atoms with E-state index in [0.717, 1.165) is 25.1 Å². The molecule has 1 aromatic heterocycles. The average molecular weight is 402 g/mol. The monoisotopic (exact) mass is 401 g/mol. The van der Waals surface area contributed by atoms with E-state index in [-0.39, 0.29) is 30.7 Å². The molecule has 0 spiro atoms. The zero-order valence-electron chi connectivity index (χ0n) is 14.2. The van der Waals surface area contributed by atoms with Crippen molar-refractivity contribution in [2.45, 2.75) is 32.0 Å². The van der Waals surface area contributed by atoms with Crippen molar-refractivity contribution >= 4 is 42.1 Å². The van der Waals surface area contributed by atoms with E-state index in [9.17, 15) is 4.79 Å². The second-order valence-corrected chi connectivity index (χ2v) is 7.07. The maximum Gasteiger partial charge on any atom is 0.241 e. The summed E-state index contributed by atoms with van der Waals surface area (Å²) in [6.45, 7) is 4.81. The molecule has 7 heteroatoms. The van der Waals surface area contributed by atoms with E-state index in [4.69, 9.17) is 5.73 Å². The van der Waals surface area contributed by atoms with E-state index in [1.54, 1.807) is 0 Å². The highest BCUT2D eigenvalue weighted by atomic mass is 35.5. The van der Waals surface area contributed by atoms with Crippen LogP contribution in [-0.2, 0) is 17.8 Å². The van der Waals surface area contributed by atoms with Gasteiger partial charge in [-0.3, -0.25) is 9.69 Å². The Hall–Kier alpha value is -1.11. The fourth-order valence-corrected chi connectivity index (χ4v) is 3.84. The second-order valence-electron chi connectivity index (χ2n) is 6.07. The Morgan fingerprint density at radius 2 is 2.00 bits per heavy atom. The number of nitrogens with zero attached hydrogens (tertiary/aromatic N) is 1. The highest BCUT2D eigenvalue weighted by Gasteiger charge is 2.22. The van der Waals surface area contributed by atoms with Gasteiger partial charge in [-0.1, -0.05) is 30.3 Å². The normalized spacial score (nSPS) is 15.9. The van der Waals surface area contributed by atoms with Crippen LogP contribution in [0.25, 0.3) is 0 Å². The Morgan fingerprint density at radius 3 is 2.72 bits per heavy atom. The van der Waals surface area contributed by atoms with Crippen LogP contribution in [0.15, 0.2) is 41.8 Å². The largest absolute Gasteiger partial charge is 0.353 e. The lowest BCUT2D eigenvalue weighted by molar-refractivity contribution is -0.122. The molecule has 4 nitrogen and oxygen atoms in total. The molecule has 0 fully saturated rings. The van der Waals surface area contributed by atoms with E-state index in [0.29, 0.717) is 12.6 Å². The first kappa shape index (κ1) is 21.9. The summed E-state index contributed by atoms with van der Waals surface area (Å²) in [4.78, 5) is 16.2. The Morgan fingerprint density at radius 1 is 1.28 bits per heavy atom. The van der Waals surface area contributed by atoms with Gasteiger partial charge in [0.25, 0.3) is 0 Å². The van der Waals surface area contributed by atoms with Gasteiger partial charge in [-0.2, -0.15) is 0 Å². The minimum atomic E-state index is -0.603. The molecule has 2 aromatic rings. The molecule has 1 amide bonds. The van der Waals surface area contributed by atoms with Gasteiger partial charge in [0, 0.05) is 30.6 Å². The summed E-state index contributed by atoms with van der Waals surface area (Å²) in [5, 5.41) is 5.16. The minimum absolute atomic E-state index is 0. The molecule has 0 saturated heterocycles. The van der Waals surface area contributed by atoms with E-state index < -0.39 is 6.04 Å². The molecule has 2 heterocycles. The number of fused-ring (bicyclic) bond motifs is 1. The van der Waals surface area contributed by atoms with Crippen LogP contribution < -0.4 is 11.1 Å². The molecule has 0 aliphatic carbocycles. The molecule has 2 unspecified atom stereocenters. The lowest BCUT2D eigenvalue weighted by Gasteiger charge is -2.32. The number of nitrogens with one attached hydrogen (secondary N) is 1. The molecule has 1 aliphatic rings. The van der Waals surface area contributed by atoms with E-state index in [2.05, 4.69) is 28.6 Å². The average Bonchev–Trinajstić information content (AvgIpc) is 3.07. The number of carbonyl (C=O) groups excluding carboxylic acids is 1. The summed E-state index contributed by atoms with van der Waals surface area (Å²) in [5.74, 6) is -0.115. The fourth-order valence-electron chi connectivity index (χ4n) is 2.95. The van der Waals surface area contributed by atoms with Gasteiger partial charge in [0.2, 0.25) is 5.91 Å². The number of thiophene rings is 1. The molecule has 3 N–H and O–H groups in total. The standard InChI is InChI=1S/C18H23N3OS.2ClH/c1-13(21-9-7-16-15(12-21)8-10-23-16)11-20-18(22)17(19)14-5-3-2-4-6-14;;/h2-6,8,10,13,17H,7,9,11-12,19H2,1H3,(H,20,22);2*1H. The summed E-state index contributed by atoms with van der Waals surface area (Å²) in [6, 6.07) is 11.4. The topological polar surface area (TPSA) is 58.4 Å². The highest BCUT2D eigenvalue weighted by Crippen LogP contribution is 2.25. The molecule has 3 rings (SSSR count). The zero-order chi connectivity index (χ0) is 16.2. The van der Waals surface area contributed by atoms with Crippen molar-refractivity contribution in [3.8, 4) is 0 Å². The lowest BCUT2D eigenvalue weighted by Crippen LogP contribution is -2.45. The quantitative estimate of drug-likeness (QED) is 0.808. The zero-order valence-corrected chi connectivity index (χ0v) is 16.6. The maximum absolute atomic E-state index is 12.2. The van der Waals surface area contributed by atoms with Crippen molar-refractivity contribution < 1.29 is 4.79 Å². The van der Waals surface area contributed by atoms with Crippen LogP contribution in [0.3, 0.4) is 0 Å². The van der Waals surface area contributed by atoms with Gasteiger partial charge in [-0.25, -0.2) is 0 Å². The molecular weight excluding hydrogens is 377 g/mol. The molecule has 0 saturated carbocycles. The Labute approximate surface area is 165 Å². The third-order valence-electron chi connectivity index (χ3n) is 4.47. The Bertz CT molecular complexity index is 665. The molecule has 0 radical (unpaired) electrons. The van der Waals surface area contributed by atoms with Crippen molar-refractivity contribution in [2.75, 3.05) is 13.1 Å². The molecule has 1 aromatic carbocycles. The SMILES string of the molecule is CC(CNC(=O)C(N)c1ccccc1)N1CCc2sccc2C1.Cl.Cl. The first-order chi connectivity index (χ1) is 11.1. The Balaban J connectivity index is 0.00000156. The van der Waals surface area contributed by atoms with E-state index in [1.807, 2.05) is 41.7 Å².